The predicted octanol–water partition coefficient (Wildman–Crippen LogP) is 3.28. The Hall–Kier alpha value is -2.88. The number of nitrogens with one attached hydrogen (secondary N) is 1. The average Bonchev–Trinajstić information content (AvgIpc) is 2.52. The van der Waals surface area contributed by atoms with Crippen LogP contribution in [0.15, 0.2) is 53.3 Å². The lowest BCUT2D eigenvalue weighted by Gasteiger charge is -2.25. The van der Waals surface area contributed by atoms with E-state index < -0.39 is 0 Å². The van der Waals surface area contributed by atoms with Gasteiger partial charge in [0.2, 0.25) is 0 Å². The van der Waals surface area contributed by atoms with Crippen molar-refractivity contribution >= 4 is 16.7 Å². The molecule has 4 nitrogen and oxygen atoms in total. The number of H-pyrrole nitrogens is 1. The van der Waals surface area contributed by atoms with E-state index in [0.717, 1.165) is 16.3 Å². The van der Waals surface area contributed by atoms with Gasteiger partial charge in [0, 0.05) is 17.7 Å². The van der Waals surface area contributed by atoms with Crippen molar-refractivity contribution in [2.24, 2.45) is 0 Å². The van der Waals surface area contributed by atoms with Crippen molar-refractivity contribution < 1.29 is 9.53 Å². The number of carbonyl (C=O) groups is 1. The van der Waals surface area contributed by atoms with Gasteiger partial charge >= 0.3 is 5.97 Å². The monoisotopic (exact) mass is 305 g/mol. The van der Waals surface area contributed by atoms with Crippen molar-refractivity contribution in [1.29, 1.82) is 0 Å². The molecule has 4 rings (SSSR count). The van der Waals surface area contributed by atoms with Crippen molar-refractivity contribution in [2.45, 2.75) is 19.3 Å². The van der Waals surface area contributed by atoms with E-state index in [4.69, 9.17) is 4.74 Å². The van der Waals surface area contributed by atoms with E-state index in [-0.39, 0.29) is 23.9 Å². The molecule has 3 aromatic rings. The standard InChI is InChI=1S/C19H15NO3/c1-11-9-16-18(19(22)20-11)15(10-17(21)23-16)14-8-4-6-12-5-2-3-7-13(12)14/h2-9,15H,10H2,1H3,(H,20,22)/t15-/m1/s1. The summed E-state index contributed by atoms with van der Waals surface area (Å²) in [4.78, 5) is 27.3. The number of rotatable bonds is 1. The minimum atomic E-state index is -0.305. The Labute approximate surface area is 132 Å². The third-order valence-corrected chi connectivity index (χ3v) is 4.31. The molecule has 1 aliphatic rings. The summed E-state index contributed by atoms with van der Waals surface area (Å²) < 4.78 is 5.30. The Kier molecular flexibility index (Phi) is 3.05. The van der Waals surface area contributed by atoms with Crippen LogP contribution in [0.5, 0.6) is 5.75 Å². The Morgan fingerprint density at radius 2 is 1.87 bits per heavy atom. The minimum Gasteiger partial charge on any atom is -0.426 e. The maximum Gasteiger partial charge on any atom is 0.312 e. The highest BCUT2D eigenvalue weighted by molar-refractivity contribution is 5.88. The van der Waals surface area contributed by atoms with Gasteiger partial charge in [0.15, 0.2) is 0 Å². The van der Waals surface area contributed by atoms with E-state index in [1.54, 1.807) is 13.0 Å². The van der Waals surface area contributed by atoms with E-state index >= 15 is 0 Å². The van der Waals surface area contributed by atoms with Crippen molar-refractivity contribution in [1.82, 2.24) is 4.98 Å². The molecule has 1 aromatic heterocycles. The molecule has 0 spiro atoms. The van der Waals surface area contributed by atoms with Crippen molar-refractivity contribution in [3.05, 3.63) is 75.7 Å². The number of ether oxygens (including phenoxy) is 1. The van der Waals surface area contributed by atoms with Gasteiger partial charge in [-0.1, -0.05) is 42.5 Å². The first-order valence-corrected chi connectivity index (χ1v) is 7.55. The number of benzene rings is 2. The van der Waals surface area contributed by atoms with Crippen molar-refractivity contribution in [3.63, 3.8) is 0 Å². The predicted molar refractivity (Wildman–Crippen MR) is 87.8 cm³/mol. The number of hydrogen-bond donors (Lipinski definition) is 1. The number of esters is 1. The fraction of sp³-hybridized carbons (Fsp3) is 0.158. The van der Waals surface area contributed by atoms with Gasteiger partial charge in [0.25, 0.3) is 5.56 Å². The molecule has 1 atom stereocenters. The van der Waals surface area contributed by atoms with Crippen LogP contribution >= 0.6 is 0 Å². The van der Waals surface area contributed by atoms with Gasteiger partial charge < -0.3 is 9.72 Å². The fourth-order valence-electron chi connectivity index (χ4n) is 3.34. The summed E-state index contributed by atoms with van der Waals surface area (Å²) in [5, 5.41) is 2.15. The molecule has 1 N–H and O–H groups in total. The van der Waals surface area contributed by atoms with Crippen LogP contribution in [0.4, 0.5) is 0 Å². The average molecular weight is 305 g/mol. The number of pyridine rings is 1. The summed E-state index contributed by atoms with van der Waals surface area (Å²) in [5.41, 5.74) is 2.01. The van der Waals surface area contributed by atoms with Crippen LogP contribution in [0.25, 0.3) is 10.8 Å². The Balaban J connectivity index is 2.00. The second-order valence-electron chi connectivity index (χ2n) is 5.86. The lowest BCUT2D eigenvalue weighted by atomic mass is 9.84. The summed E-state index contributed by atoms with van der Waals surface area (Å²) in [6.45, 7) is 1.77. The number of aromatic nitrogens is 1. The molecule has 0 aliphatic carbocycles. The van der Waals surface area contributed by atoms with E-state index in [1.165, 1.54) is 0 Å². The van der Waals surface area contributed by atoms with Crippen LogP contribution in [-0.2, 0) is 4.79 Å². The molecule has 0 fully saturated rings. The van der Waals surface area contributed by atoms with Gasteiger partial charge in [-0.25, -0.2) is 0 Å². The van der Waals surface area contributed by atoms with Crippen LogP contribution in [0, 0.1) is 6.92 Å². The Bertz CT molecular complexity index is 982. The molecule has 4 heteroatoms. The molecule has 0 bridgehead atoms. The zero-order chi connectivity index (χ0) is 16.0. The number of carbonyl (C=O) groups excluding carboxylic acids is 1. The molecule has 0 amide bonds. The fourth-order valence-corrected chi connectivity index (χ4v) is 3.34. The molecule has 0 saturated heterocycles. The van der Waals surface area contributed by atoms with Gasteiger partial charge in [-0.3, -0.25) is 9.59 Å². The summed E-state index contributed by atoms with van der Waals surface area (Å²) in [6, 6.07) is 15.7. The van der Waals surface area contributed by atoms with Gasteiger partial charge in [0.05, 0.1) is 12.0 Å². The summed E-state index contributed by atoms with van der Waals surface area (Å²) in [6.07, 6.45) is 0.174. The molecule has 1 aliphatic heterocycles. The molecule has 2 heterocycles. The van der Waals surface area contributed by atoms with Crippen LogP contribution in [0.3, 0.4) is 0 Å². The molecule has 0 unspecified atom stereocenters. The topological polar surface area (TPSA) is 59.2 Å². The third kappa shape index (κ3) is 2.23. The van der Waals surface area contributed by atoms with Gasteiger partial charge in [0.1, 0.15) is 5.75 Å². The van der Waals surface area contributed by atoms with Crippen molar-refractivity contribution in [3.8, 4) is 5.75 Å². The number of aryl methyl sites for hydroxylation is 1. The number of hydrogen-bond acceptors (Lipinski definition) is 3. The normalized spacial score (nSPS) is 16.9. The van der Waals surface area contributed by atoms with E-state index in [9.17, 15) is 9.59 Å². The molecule has 114 valence electrons. The van der Waals surface area contributed by atoms with E-state index in [1.807, 2.05) is 42.5 Å². The maximum atomic E-state index is 12.5. The summed E-state index contributed by atoms with van der Waals surface area (Å²) >= 11 is 0. The molecule has 0 saturated carbocycles. The first kappa shape index (κ1) is 13.8. The molecule has 2 aromatic carbocycles. The van der Waals surface area contributed by atoms with E-state index in [0.29, 0.717) is 17.0 Å². The lowest BCUT2D eigenvalue weighted by molar-refractivity contribution is -0.135. The lowest BCUT2D eigenvalue weighted by Crippen LogP contribution is -2.28. The highest BCUT2D eigenvalue weighted by atomic mass is 16.5. The Morgan fingerprint density at radius 3 is 2.74 bits per heavy atom. The highest BCUT2D eigenvalue weighted by Crippen LogP contribution is 2.39. The second-order valence-corrected chi connectivity index (χ2v) is 5.86. The van der Waals surface area contributed by atoms with Gasteiger partial charge in [-0.05, 0) is 23.3 Å². The van der Waals surface area contributed by atoms with Crippen LogP contribution in [-0.4, -0.2) is 11.0 Å². The quantitative estimate of drug-likeness (QED) is 0.702. The molecular weight excluding hydrogens is 290 g/mol. The zero-order valence-electron chi connectivity index (χ0n) is 12.6. The third-order valence-electron chi connectivity index (χ3n) is 4.31. The largest absolute Gasteiger partial charge is 0.426 e. The first-order chi connectivity index (χ1) is 11.1. The van der Waals surface area contributed by atoms with Gasteiger partial charge in [-0.2, -0.15) is 0 Å². The minimum absolute atomic E-state index is 0.174. The second kappa shape index (κ2) is 5.09. The maximum absolute atomic E-state index is 12.5. The summed E-state index contributed by atoms with van der Waals surface area (Å²) in [5.74, 6) is -0.220. The number of fused-ring (bicyclic) bond motifs is 2. The van der Waals surface area contributed by atoms with Crippen LogP contribution in [0.2, 0.25) is 0 Å². The van der Waals surface area contributed by atoms with Crippen molar-refractivity contribution in [2.75, 3.05) is 0 Å². The van der Waals surface area contributed by atoms with Crippen LogP contribution < -0.4 is 10.3 Å². The Morgan fingerprint density at radius 1 is 1.09 bits per heavy atom. The van der Waals surface area contributed by atoms with E-state index in [2.05, 4.69) is 4.98 Å². The molecular formula is C19H15NO3. The molecule has 0 radical (unpaired) electrons. The zero-order valence-corrected chi connectivity index (χ0v) is 12.6. The molecule has 23 heavy (non-hydrogen) atoms. The highest BCUT2D eigenvalue weighted by Gasteiger charge is 2.32. The summed E-state index contributed by atoms with van der Waals surface area (Å²) in [7, 11) is 0. The van der Waals surface area contributed by atoms with Crippen LogP contribution in [0.1, 0.15) is 29.2 Å². The SMILES string of the molecule is Cc1cc2c(c(=O)[nH]1)[C@@H](c1cccc3ccccc13)CC(=O)O2. The first-order valence-electron chi connectivity index (χ1n) is 7.55. The smallest absolute Gasteiger partial charge is 0.312 e. The number of aromatic amines is 1. The van der Waals surface area contributed by atoms with Gasteiger partial charge in [-0.15, -0.1) is 0 Å².